The van der Waals surface area contributed by atoms with Gasteiger partial charge < -0.3 is 38.7 Å². The van der Waals surface area contributed by atoms with Crippen LogP contribution < -0.4 is 10.8 Å². The molecular weight excluding hydrogens is 659 g/mol. The van der Waals surface area contributed by atoms with Gasteiger partial charge in [-0.25, -0.2) is 9.78 Å². The number of likely N-dealkylation sites (tertiary alicyclic amines) is 1. The molecule has 3 saturated heterocycles. The second-order valence-electron chi connectivity index (χ2n) is 16.6. The van der Waals surface area contributed by atoms with E-state index < -0.39 is 24.0 Å². The van der Waals surface area contributed by atoms with E-state index in [0.29, 0.717) is 37.3 Å². The minimum absolute atomic E-state index is 0.166. The van der Waals surface area contributed by atoms with E-state index in [-0.39, 0.29) is 36.7 Å². The summed E-state index contributed by atoms with van der Waals surface area (Å²) in [6.07, 6.45) is 6.49. The Hall–Kier alpha value is -3.71. The van der Waals surface area contributed by atoms with Crippen LogP contribution in [0, 0.1) is 5.92 Å². The highest BCUT2D eigenvalue weighted by molar-refractivity contribution is 6.62. The van der Waals surface area contributed by atoms with Crippen molar-refractivity contribution in [1.29, 1.82) is 0 Å². The minimum atomic E-state index is -0.904. The van der Waals surface area contributed by atoms with Crippen molar-refractivity contribution >= 4 is 24.6 Å². The Morgan fingerprint density at radius 2 is 1.54 bits per heavy atom. The highest BCUT2D eigenvalue weighted by atomic mass is 16.7. The summed E-state index contributed by atoms with van der Waals surface area (Å²) in [4.78, 5) is 36.2. The smallest absolute Gasteiger partial charge is 0.453 e. The molecule has 12 heteroatoms. The summed E-state index contributed by atoms with van der Waals surface area (Å²) in [5, 5.41) is 2.72. The number of hydrogen-bond donors (Lipinski definition) is 2. The maximum absolute atomic E-state index is 14.0. The number of carbonyl (C=O) groups is 2. The molecule has 11 nitrogen and oxygen atoms in total. The van der Waals surface area contributed by atoms with Crippen LogP contribution in [0.5, 0.6) is 0 Å². The number of nitrogens with zero attached hydrogens (tertiary/aromatic N) is 2. The zero-order chi connectivity index (χ0) is 36.6. The lowest BCUT2D eigenvalue weighted by Gasteiger charge is -2.41. The number of alkyl carbamates (subject to hydrolysis) is 1. The molecular formula is C40H51BN4O7. The van der Waals surface area contributed by atoms with Gasteiger partial charge in [-0.1, -0.05) is 50.2 Å². The Bertz CT molecular complexity index is 1830. The van der Waals surface area contributed by atoms with Crippen molar-refractivity contribution in [3.8, 4) is 22.4 Å². The van der Waals surface area contributed by atoms with Crippen molar-refractivity contribution in [1.82, 2.24) is 20.2 Å². The van der Waals surface area contributed by atoms with Crippen molar-refractivity contribution in [2.75, 3.05) is 26.9 Å². The second kappa shape index (κ2) is 13.0. The Balaban J connectivity index is 1.07. The number of hydrogen-bond acceptors (Lipinski definition) is 8. The van der Waals surface area contributed by atoms with Crippen LogP contribution in [-0.4, -0.2) is 83.9 Å². The first-order valence-electron chi connectivity index (χ1n) is 18.9. The quantitative estimate of drug-likeness (QED) is 0.278. The zero-order valence-electron chi connectivity index (χ0n) is 31.4. The van der Waals surface area contributed by atoms with Crippen LogP contribution >= 0.6 is 0 Å². The largest absolute Gasteiger partial charge is 0.495 e. The van der Waals surface area contributed by atoms with Crippen LogP contribution in [0.3, 0.4) is 0 Å². The molecule has 4 fully saturated rings. The molecule has 52 heavy (non-hydrogen) atoms. The van der Waals surface area contributed by atoms with Gasteiger partial charge in [0.2, 0.25) is 5.91 Å². The fourth-order valence-corrected chi connectivity index (χ4v) is 9.03. The van der Waals surface area contributed by atoms with Gasteiger partial charge in [-0.05, 0) is 104 Å². The Morgan fingerprint density at radius 1 is 0.923 bits per heavy atom. The minimum Gasteiger partial charge on any atom is -0.453 e. The molecule has 2 N–H and O–H groups in total. The summed E-state index contributed by atoms with van der Waals surface area (Å²) in [5.41, 5.74) is 7.69. The number of benzene rings is 2. The monoisotopic (exact) mass is 710 g/mol. The third-order valence-electron chi connectivity index (χ3n) is 12.6. The Morgan fingerprint density at radius 3 is 2.15 bits per heavy atom. The lowest BCUT2D eigenvalue weighted by molar-refractivity contribution is -0.153. The van der Waals surface area contributed by atoms with Gasteiger partial charge >= 0.3 is 13.2 Å². The van der Waals surface area contributed by atoms with Crippen LogP contribution in [0.2, 0.25) is 0 Å². The number of nitrogens with one attached hydrogen (secondary N) is 2. The molecule has 3 aliphatic heterocycles. The van der Waals surface area contributed by atoms with Crippen LogP contribution in [-0.2, 0) is 28.3 Å². The average molecular weight is 711 g/mol. The Kier molecular flexibility index (Phi) is 8.83. The topological polar surface area (TPSA) is 124 Å². The fraction of sp³-hybridized carbons (Fsp3) is 0.575. The van der Waals surface area contributed by atoms with E-state index in [1.54, 1.807) is 4.90 Å². The SMILES string of the molecule is COC(=O)NC(C(=O)N1CC2(C[C@H]1c1ncc(-c3ccc(-c4ccc(B5OC(C)(C)C(C)(C)O5)c5c4C4CCC5CC4)cc3)[nH]1)OCCO2)C(C)C. The second-order valence-corrected chi connectivity index (χ2v) is 16.6. The summed E-state index contributed by atoms with van der Waals surface area (Å²) in [6.45, 7) is 13.4. The number of imidazole rings is 1. The van der Waals surface area contributed by atoms with E-state index >= 15 is 0 Å². The predicted molar refractivity (Wildman–Crippen MR) is 197 cm³/mol. The fourth-order valence-electron chi connectivity index (χ4n) is 9.03. The van der Waals surface area contributed by atoms with Gasteiger partial charge in [0, 0.05) is 6.42 Å². The lowest BCUT2D eigenvalue weighted by Crippen LogP contribution is -2.52. The van der Waals surface area contributed by atoms with Crippen molar-refractivity contribution < 1.29 is 33.1 Å². The molecule has 9 rings (SSSR count). The number of ether oxygens (including phenoxy) is 3. The molecule has 2 atom stereocenters. The van der Waals surface area contributed by atoms with Crippen molar-refractivity contribution in [2.24, 2.45) is 5.92 Å². The number of fused-ring (bicyclic) bond motifs is 2. The van der Waals surface area contributed by atoms with E-state index in [9.17, 15) is 9.59 Å². The average Bonchev–Trinajstić information content (AvgIpc) is 3.93. The van der Waals surface area contributed by atoms with Crippen LogP contribution in [0.4, 0.5) is 4.79 Å². The van der Waals surface area contributed by atoms with Gasteiger partial charge in [0.05, 0.1) is 56.0 Å². The first-order chi connectivity index (χ1) is 24.8. The first-order valence-corrected chi connectivity index (χ1v) is 18.9. The molecule has 2 amide bonds. The maximum atomic E-state index is 14.0. The third-order valence-corrected chi connectivity index (χ3v) is 12.6. The summed E-state index contributed by atoms with van der Waals surface area (Å²) in [7, 11) is 0.926. The number of amides is 2. The van der Waals surface area contributed by atoms with E-state index in [4.69, 9.17) is 28.5 Å². The van der Waals surface area contributed by atoms with E-state index in [0.717, 1.165) is 11.3 Å². The molecule has 1 unspecified atom stereocenters. The van der Waals surface area contributed by atoms with Gasteiger partial charge in [0.15, 0.2) is 5.79 Å². The van der Waals surface area contributed by atoms with Crippen LogP contribution in [0.1, 0.15) is 108 Å². The molecule has 2 aromatic carbocycles. The molecule has 4 heterocycles. The van der Waals surface area contributed by atoms with Crippen molar-refractivity contribution in [3.63, 3.8) is 0 Å². The number of carbonyl (C=O) groups excluding carboxylic acids is 2. The first kappa shape index (κ1) is 35.3. The number of aromatic amines is 1. The van der Waals surface area contributed by atoms with Gasteiger partial charge in [0.1, 0.15) is 11.9 Å². The van der Waals surface area contributed by atoms with Gasteiger partial charge in [-0.3, -0.25) is 4.79 Å². The molecule has 6 aliphatic rings. The van der Waals surface area contributed by atoms with E-state index in [2.05, 4.69) is 74.4 Å². The van der Waals surface area contributed by atoms with E-state index in [1.807, 2.05) is 20.0 Å². The Labute approximate surface area is 306 Å². The summed E-state index contributed by atoms with van der Waals surface area (Å²) in [5.74, 6) is 0.416. The number of H-pyrrole nitrogens is 1. The highest BCUT2D eigenvalue weighted by Gasteiger charge is 2.54. The molecule has 1 saturated carbocycles. The lowest BCUT2D eigenvalue weighted by atomic mass is 9.59. The molecule has 0 radical (unpaired) electrons. The standard InChI is InChI=1S/C40H51BN4O7/c1-23(2)34(44-37(47)48-7)36(46)45-22-40(49-18-19-50-40)20-31(45)35-42-21-30(43-35)25-10-8-24(9-11-25)28-16-17-29(41-51-38(3,4)39(5,6)52-41)33-27-14-12-26(13-15-27)32(28)33/h8-11,16-17,21,23,26-27,31,34H,12-15,18-20,22H2,1-7H3,(H,42,43)(H,44,47)/t26?,27?,31-,34?/m0/s1. The summed E-state index contributed by atoms with van der Waals surface area (Å²) < 4.78 is 30.1. The zero-order valence-corrected chi connectivity index (χ0v) is 31.4. The van der Waals surface area contributed by atoms with Crippen molar-refractivity contribution in [2.45, 2.75) is 115 Å². The predicted octanol–water partition coefficient (Wildman–Crippen LogP) is 6.19. The molecule has 2 bridgehead atoms. The van der Waals surface area contributed by atoms with Crippen LogP contribution in [0.15, 0.2) is 42.6 Å². The molecule has 1 aromatic heterocycles. The summed E-state index contributed by atoms with van der Waals surface area (Å²) in [6, 6.07) is 12.0. The van der Waals surface area contributed by atoms with E-state index in [1.165, 1.54) is 60.5 Å². The van der Waals surface area contributed by atoms with Gasteiger partial charge in [-0.2, -0.15) is 0 Å². The number of aromatic nitrogens is 2. The molecule has 3 aromatic rings. The highest BCUT2D eigenvalue weighted by Crippen LogP contribution is 2.52. The van der Waals surface area contributed by atoms with Crippen LogP contribution in [0.25, 0.3) is 22.4 Å². The summed E-state index contributed by atoms with van der Waals surface area (Å²) >= 11 is 0. The maximum Gasteiger partial charge on any atom is 0.495 e. The molecule has 1 spiro atoms. The molecule has 3 aliphatic carbocycles. The third kappa shape index (κ3) is 5.95. The molecule has 276 valence electrons. The number of rotatable bonds is 7. The van der Waals surface area contributed by atoms with Gasteiger partial charge in [0.25, 0.3) is 0 Å². The number of methoxy groups -OCH3 is 1. The normalized spacial score (nSPS) is 25.9. The van der Waals surface area contributed by atoms with Crippen molar-refractivity contribution in [3.05, 3.63) is 59.5 Å². The van der Waals surface area contributed by atoms with Gasteiger partial charge in [-0.15, -0.1) is 0 Å².